The maximum Gasteiger partial charge on any atom is 0.240 e. The molecule has 4 heteroatoms. The van der Waals surface area contributed by atoms with E-state index in [9.17, 15) is 4.79 Å². The third-order valence-corrected chi connectivity index (χ3v) is 5.27. The van der Waals surface area contributed by atoms with Crippen LogP contribution in [0, 0.1) is 0 Å². The number of carbonyl (C=O) groups is 1. The zero-order valence-corrected chi connectivity index (χ0v) is 13.0. The number of carbonyl (C=O) groups excluding carboxylic acids is 1. The summed E-state index contributed by atoms with van der Waals surface area (Å²) in [7, 11) is 0. The van der Waals surface area contributed by atoms with Gasteiger partial charge < -0.3 is 10.2 Å². The van der Waals surface area contributed by atoms with Crippen LogP contribution in [-0.4, -0.2) is 29.4 Å². The first-order valence-corrected chi connectivity index (χ1v) is 8.77. The zero-order chi connectivity index (χ0) is 13.9. The Labute approximate surface area is 125 Å². The molecule has 1 aromatic rings. The van der Waals surface area contributed by atoms with Gasteiger partial charge in [0.1, 0.15) is 0 Å². The molecular formula is C16H24N2OS. The Morgan fingerprint density at radius 3 is 2.95 bits per heavy atom. The van der Waals surface area contributed by atoms with Crippen molar-refractivity contribution in [1.29, 1.82) is 0 Å². The lowest BCUT2D eigenvalue weighted by atomic mass is 9.99. The Balaban J connectivity index is 1.73. The summed E-state index contributed by atoms with van der Waals surface area (Å²) in [5.74, 6) is 0.329. The first-order valence-electron chi connectivity index (χ1n) is 7.89. The molecule has 2 fully saturated rings. The number of likely N-dealkylation sites (tertiary alicyclic amines) is 1. The Hall–Kier alpha value is -0.870. The summed E-state index contributed by atoms with van der Waals surface area (Å²) >= 11 is 1.78. The summed E-state index contributed by atoms with van der Waals surface area (Å²) in [6.07, 6.45) is 6.81. The van der Waals surface area contributed by atoms with E-state index in [1.165, 1.54) is 17.7 Å². The molecule has 2 unspecified atom stereocenters. The zero-order valence-electron chi connectivity index (χ0n) is 12.2. The average Bonchev–Trinajstić information content (AvgIpc) is 3.10. The molecule has 3 nitrogen and oxygen atoms in total. The third-order valence-electron chi connectivity index (χ3n) is 4.30. The second-order valence-corrected chi connectivity index (χ2v) is 6.97. The van der Waals surface area contributed by atoms with Crippen LogP contribution in [0.25, 0.3) is 0 Å². The van der Waals surface area contributed by atoms with Gasteiger partial charge in [0, 0.05) is 17.5 Å². The van der Waals surface area contributed by atoms with E-state index in [1.54, 1.807) is 11.3 Å². The van der Waals surface area contributed by atoms with Crippen LogP contribution in [0.1, 0.15) is 56.4 Å². The van der Waals surface area contributed by atoms with Gasteiger partial charge in [0.25, 0.3) is 0 Å². The van der Waals surface area contributed by atoms with Crippen LogP contribution < -0.4 is 5.32 Å². The maximum atomic E-state index is 12.8. The summed E-state index contributed by atoms with van der Waals surface area (Å²) in [4.78, 5) is 16.2. The van der Waals surface area contributed by atoms with Crippen molar-refractivity contribution < 1.29 is 4.79 Å². The lowest BCUT2D eigenvalue weighted by molar-refractivity contribution is -0.139. The molecule has 2 aliphatic rings. The molecule has 1 amide bonds. The maximum absolute atomic E-state index is 12.8. The highest BCUT2D eigenvalue weighted by Gasteiger charge is 2.36. The standard InChI is InChI=1S/C16H24N2OS/c1-2-5-14(15-7-4-11-20-15)18-10-3-6-13(16(18)19)17-12-8-9-12/h4,7,11-14,17H,2-3,5-6,8-10H2,1H3. The molecule has 1 saturated carbocycles. The molecule has 0 aromatic carbocycles. The molecule has 3 rings (SSSR count). The molecule has 1 aliphatic carbocycles. The molecule has 2 atom stereocenters. The summed E-state index contributed by atoms with van der Waals surface area (Å²) < 4.78 is 0. The van der Waals surface area contributed by atoms with E-state index in [4.69, 9.17) is 0 Å². The molecular weight excluding hydrogens is 268 g/mol. The molecule has 0 spiro atoms. The molecule has 1 aliphatic heterocycles. The van der Waals surface area contributed by atoms with Gasteiger partial charge in [0.15, 0.2) is 0 Å². The van der Waals surface area contributed by atoms with Crippen LogP contribution in [0.3, 0.4) is 0 Å². The van der Waals surface area contributed by atoms with Gasteiger partial charge in [0.05, 0.1) is 12.1 Å². The van der Waals surface area contributed by atoms with E-state index in [1.807, 2.05) is 0 Å². The van der Waals surface area contributed by atoms with Crippen molar-refractivity contribution >= 4 is 17.2 Å². The van der Waals surface area contributed by atoms with Crippen LogP contribution >= 0.6 is 11.3 Å². The minimum Gasteiger partial charge on any atom is -0.333 e. The first kappa shape index (κ1) is 14.1. The number of piperidine rings is 1. The predicted molar refractivity (Wildman–Crippen MR) is 82.9 cm³/mol. The molecule has 20 heavy (non-hydrogen) atoms. The Morgan fingerprint density at radius 2 is 2.30 bits per heavy atom. The van der Waals surface area contributed by atoms with E-state index >= 15 is 0 Å². The molecule has 1 N–H and O–H groups in total. The van der Waals surface area contributed by atoms with Crippen LogP contribution in [0.4, 0.5) is 0 Å². The minimum atomic E-state index is 0.0653. The van der Waals surface area contributed by atoms with E-state index in [2.05, 4.69) is 34.7 Å². The van der Waals surface area contributed by atoms with E-state index in [0.717, 1.165) is 32.2 Å². The summed E-state index contributed by atoms with van der Waals surface area (Å²) in [5.41, 5.74) is 0. The van der Waals surface area contributed by atoms with Crippen LogP contribution in [-0.2, 0) is 4.79 Å². The number of hydrogen-bond donors (Lipinski definition) is 1. The van der Waals surface area contributed by atoms with Crippen molar-refractivity contribution in [3.63, 3.8) is 0 Å². The Morgan fingerprint density at radius 1 is 1.45 bits per heavy atom. The number of nitrogens with zero attached hydrogens (tertiary/aromatic N) is 1. The van der Waals surface area contributed by atoms with E-state index in [-0.39, 0.29) is 12.1 Å². The number of rotatable bonds is 6. The molecule has 0 radical (unpaired) electrons. The van der Waals surface area contributed by atoms with Crippen LogP contribution in [0.5, 0.6) is 0 Å². The monoisotopic (exact) mass is 292 g/mol. The fourth-order valence-electron chi connectivity index (χ4n) is 3.10. The van der Waals surface area contributed by atoms with Gasteiger partial charge in [-0.05, 0) is 43.6 Å². The predicted octanol–water partition coefficient (Wildman–Crippen LogP) is 3.33. The second-order valence-electron chi connectivity index (χ2n) is 5.99. The lowest BCUT2D eigenvalue weighted by Crippen LogP contribution is -2.52. The van der Waals surface area contributed by atoms with Crippen molar-refractivity contribution in [2.75, 3.05) is 6.54 Å². The summed E-state index contributed by atoms with van der Waals surface area (Å²) in [5, 5.41) is 5.64. The summed E-state index contributed by atoms with van der Waals surface area (Å²) in [6.45, 7) is 3.12. The van der Waals surface area contributed by atoms with Gasteiger partial charge in [-0.3, -0.25) is 4.79 Å². The van der Waals surface area contributed by atoms with Crippen molar-refractivity contribution in [3.05, 3.63) is 22.4 Å². The number of nitrogens with one attached hydrogen (secondary N) is 1. The third kappa shape index (κ3) is 3.07. The Kier molecular flexibility index (Phi) is 4.41. The highest BCUT2D eigenvalue weighted by molar-refractivity contribution is 7.10. The first-order chi connectivity index (χ1) is 9.79. The van der Waals surface area contributed by atoms with Gasteiger partial charge in [0.2, 0.25) is 5.91 Å². The largest absolute Gasteiger partial charge is 0.333 e. The van der Waals surface area contributed by atoms with Gasteiger partial charge >= 0.3 is 0 Å². The van der Waals surface area contributed by atoms with Gasteiger partial charge in [-0.15, -0.1) is 11.3 Å². The fraction of sp³-hybridized carbons (Fsp3) is 0.688. The lowest BCUT2D eigenvalue weighted by Gasteiger charge is -2.38. The topological polar surface area (TPSA) is 32.3 Å². The van der Waals surface area contributed by atoms with Crippen LogP contribution in [0.2, 0.25) is 0 Å². The minimum absolute atomic E-state index is 0.0653. The van der Waals surface area contributed by atoms with Gasteiger partial charge in [-0.1, -0.05) is 19.4 Å². The smallest absolute Gasteiger partial charge is 0.240 e. The van der Waals surface area contributed by atoms with Crippen molar-refractivity contribution in [1.82, 2.24) is 10.2 Å². The number of hydrogen-bond acceptors (Lipinski definition) is 3. The molecule has 1 saturated heterocycles. The molecule has 0 bridgehead atoms. The van der Waals surface area contributed by atoms with E-state index in [0.29, 0.717) is 11.9 Å². The normalized spacial score (nSPS) is 24.9. The molecule has 1 aromatic heterocycles. The molecule has 110 valence electrons. The quantitative estimate of drug-likeness (QED) is 0.872. The number of amides is 1. The fourth-order valence-corrected chi connectivity index (χ4v) is 3.98. The SMILES string of the molecule is CCCC(c1cccs1)N1CCCC(NC2CC2)C1=O. The van der Waals surface area contributed by atoms with Crippen molar-refractivity contribution in [2.24, 2.45) is 0 Å². The van der Waals surface area contributed by atoms with Gasteiger partial charge in [-0.25, -0.2) is 0 Å². The van der Waals surface area contributed by atoms with Crippen molar-refractivity contribution in [3.8, 4) is 0 Å². The molecule has 2 heterocycles. The van der Waals surface area contributed by atoms with E-state index < -0.39 is 0 Å². The highest BCUT2D eigenvalue weighted by atomic mass is 32.1. The van der Waals surface area contributed by atoms with Crippen LogP contribution in [0.15, 0.2) is 17.5 Å². The highest BCUT2D eigenvalue weighted by Crippen LogP contribution is 2.33. The Bertz CT molecular complexity index is 441. The summed E-state index contributed by atoms with van der Waals surface area (Å²) in [6, 6.07) is 5.23. The van der Waals surface area contributed by atoms with Crippen molar-refractivity contribution in [2.45, 2.75) is 63.6 Å². The second kappa shape index (κ2) is 6.27. The average molecular weight is 292 g/mol. The number of thiophene rings is 1. The van der Waals surface area contributed by atoms with Gasteiger partial charge in [-0.2, -0.15) is 0 Å².